The summed E-state index contributed by atoms with van der Waals surface area (Å²) in [7, 11) is 0. The van der Waals surface area contributed by atoms with Crippen LogP contribution in [0, 0.1) is 0 Å². The van der Waals surface area contributed by atoms with Crippen LogP contribution in [-0.4, -0.2) is 38.8 Å². The van der Waals surface area contributed by atoms with Crippen molar-refractivity contribution in [2.45, 2.75) is 65.2 Å². The lowest BCUT2D eigenvalue weighted by Crippen LogP contribution is -2.40. The molecule has 1 unspecified atom stereocenters. The average molecular weight is 308 g/mol. The normalized spacial score (nSPS) is 16.7. The van der Waals surface area contributed by atoms with E-state index in [1.807, 2.05) is 32.3 Å². The number of aryl methyl sites for hydroxylation is 1. The Labute approximate surface area is 130 Å². The minimum Gasteiger partial charge on any atom is -0.352 e. The number of fused-ring (bicyclic) bond motifs is 1. The second kappa shape index (κ2) is 6.76. The van der Waals surface area contributed by atoms with E-state index < -0.39 is 0 Å². The summed E-state index contributed by atoms with van der Waals surface area (Å²) >= 11 is 0. The molecule has 8 heteroatoms. The number of nitrogens with zero attached hydrogens (tertiary/aromatic N) is 3. The lowest BCUT2D eigenvalue weighted by Gasteiger charge is -2.17. The van der Waals surface area contributed by atoms with Crippen molar-refractivity contribution in [3.05, 3.63) is 11.6 Å². The van der Waals surface area contributed by atoms with Gasteiger partial charge in [0.1, 0.15) is 11.9 Å². The van der Waals surface area contributed by atoms with Gasteiger partial charge in [0.15, 0.2) is 5.82 Å². The minimum atomic E-state index is -0.294. The molecule has 0 fully saturated rings. The number of carbonyl (C=O) groups is 2. The predicted molar refractivity (Wildman–Crippen MR) is 81.2 cm³/mol. The molecule has 0 spiro atoms. The second-order valence-corrected chi connectivity index (χ2v) is 6.10. The van der Waals surface area contributed by atoms with Gasteiger partial charge in [-0.2, -0.15) is 0 Å². The summed E-state index contributed by atoms with van der Waals surface area (Å²) in [5, 5.41) is 16.6. The summed E-state index contributed by atoms with van der Waals surface area (Å²) < 4.78 is 1.84. The molecule has 8 nitrogen and oxygen atoms in total. The summed E-state index contributed by atoms with van der Waals surface area (Å²) in [6.07, 6.45) is 1.44. The first-order valence-corrected chi connectivity index (χ1v) is 7.66. The zero-order chi connectivity index (χ0) is 16.3. The van der Waals surface area contributed by atoms with Crippen molar-refractivity contribution in [1.29, 1.82) is 0 Å². The van der Waals surface area contributed by atoms with Crippen LogP contribution < -0.4 is 16.0 Å². The molecule has 1 aliphatic heterocycles. The smallest absolute Gasteiger partial charge is 0.315 e. The lowest BCUT2D eigenvalue weighted by atomic mass is 10.2. The van der Waals surface area contributed by atoms with Crippen LogP contribution in [0.3, 0.4) is 0 Å². The van der Waals surface area contributed by atoms with Crippen LogP contribution in [0.5, 0.6) is 0 Å². The number of amides is 3. The maximum atomic E-state index is 12.3. The summed E-state index contributed by atoms with van der Waals surface area (Å²) in [4.78, 5) is 23.9. The Hall–Kier alpha value is -2.12. The first-order chi connectivity index (χ1) is 10.4. The van der Waals surface area contributed by atoms with Crippen LogP contribution in [0.4, 0.5) is 4.79 Å². The van der Waals surface area contributed by atoms with Gasteiger partial charge in [-0.25, -0.2) is 4.79 Å². The molecule has 1 atom stereocenters. The van der Waals surface area contributed by atoms with Gasteiger partial charge in [-0.15, -0.1) is 10.2 Å². The highest BCUT2D eigenvalue weighted by Gasteiger charge is 2.32. The summed E-state index contributed by atoms with van der Waals surface area (Å²) in [6, 6.07) is -0.397. The molecule has 0 bridgehead atoms. The van der Waals surface area contributed by atoms with E-state index in [0.717, 1.165) is 12.2 Å². The maximum absolute atomic E-state index is 12.3. The molecule has 2 heterocycles. The van der Waals surface area contributed by atoms with Gasteiger partial charge in [-0.1, -0.05) is 0 Å². The van der Waals surface area contributed by atoms with Crippen LogP contribution in [-0.2, 0) is 17.8 Å². The van der Waals surface area contributed by atoms with E-state index in [2.05, 4.69) is 26.1 Å². The molecule has 3 amide bonds. The van der Waals surface area contributed by atoms with E-state index in [4.69, 9.17) is 0 Å². The third-order valence-corrected chi connectivity index (χ3v) is 3.35. The number of rotatable bonds is 5. The quantitative estimate of drug-likeness (QED) is 0.737. The fourth-order valence-corrected chi connectivity index (χ4v) is 2.51. The Bertz CT molecular complexity index is 552. The molecule has 2 rings (SSSR count). The van der Waals surface area contributed by atoms with E-state index in [1.54, 1.807) is 0 Å². The van der Waals surface area contributed by atoms with Gasteiger partial charge < -0.3 is 20.5 Å². The Morgan fingerprint density at radius 3 is 2.50 bits per heavy atom. The van der Waals surface area contributed by atoms with E-state index in [1.165, 1.54) is 0 Å². The number of aromatic nitrogens is 3. The van der Waals surface area contributed by atoms with Crippen molar-refractivity contribution in [2.24, 2.45) is 0 Å². The molecular weight excluding hydrogens is 284 g/mol. The van der Waals surface area contributed by atoms with Crippen LogP contribution >= 0.6 is 0 Å². The monoisotopic (exact) mass is 308 g/mol. The van der Waals surface area contributed by atoms with Crippen molar-refractivity contribution < 1.29 is 9.59 Å². The van der Waals surface area contributed by atoms with Crippen LogP contribution in [0.1, 0.15) is 51.8 Å². The zero-order valence-electron chi connectivity index (χ0n) is 13.5. The largest absolute Gasteiger partial charge is 0.352 e. The molecular formula is C14H24N6O2. The van der Waals surface area contributed by atoms with Crippen molar-refractivity contribution in [1.82, 2.24) is 30.7 Å². The Morgan fingerprint density at radius 1 is 1.18 bits per heavy atom. The summed E-state index contributed by atoms with van der Waals surface area (Å²) in [6.45, 7) is 7.88. The maximum Gasteiger partial charge on any atom is 0.315 e. The molecule has 0 aliphatic carbocycles. The zero-order valence-corrected chi connectivity index (χ0v) is 13.5. The molecule has 0 radical (unpaired) electrons. The van der Waals surface area contributed by atoms with Crippen LogP contribution in [0.15, 0.2) is 0 Å². The fourth-order valence-electron chi connectivity index (χ4n) is 2.51. The number of nitrogens with one attached hydrogen (secondary N) is 3. The number of carbonyl (C=O) groups excluding carboxylic acids is 2. The highest BCUT2D eigenvalue weighted by molar-refractivity contribution is 5.81. The topological polar surface area (TPSA) is 101 Å². The lowest BCUT2D eigenvalue weighted by molar-refractivity contribution is -0.124. The van der Waals surface area contributed by atoms with E-state index in [-0.39, 0.29) is 36.6 Å². The molecule has 0 saturated carbocycles. The van der Waals surface area contributed by atoms with Crippen molar-refractivity contribution in [3.8, 4) is 0 Å². The minimum absolute atomic E-state index is 0.0265. The van der Waals surface area contributed by atoms with Crippen LogP contribution in [0.2, 0.25) is 0 Å². The van der Waals surface area contributed by atoms with Gasteiger partial charge in [-0.05, 0) is 34.1 Å². The summed E-state index contributed by atoms with van der Waals surface area (Å²) in [5.74, 6) is 1.38. The second-order valence-electron chi connectivity index (χ2n) is 6.10. The first-order valence-electron chi connectivity index (χ1n) is 7.66. The molecule has 1 aromatic heterocycles. The Kier molecular flexibility index (Phi) is 4.99. The Balaban J connectivity index is 2.04. The molecule has 1 aliphatic rings. The SMILES string of the molecule is CC(C)NC(=O)NCc1nnc2n1C(C(=O)NC(C)C)CC2. The standard InChI is InChI=1S/C14H24N6O2/c1-8(2)16-13(21)10-5-6-11-18-19-12(20(10)11)7-15-14(22)17-9(3)4/h8-10H,5-7H2,1-4H3,(H,16,21)(H2,15,17,22). The average Bonchev–Trinajstić information content (AvgIpc) is 2.95. The first kappa shape index (κ1) is 16.3. The van der Waals surface area contributed by atoms with Gasteiger partial charge in [0, 0.05) is 18.5 Å². The number of urea groups is 1. The fraction of sp³-hybridized carbons (Fsp3) is 0.714. The van der Waals surface area contributed by atoms with E-state index >= 15 is 0 Å². The van der Waals surface area contributed by atoms with Gasteiger partial charge in [0.2, 0.25) is 5.91 Å². The van der Waals surface area contributed by atoms with E-state index in [0.29, 0.717) is 12.2 Å². The van der Waals surface area contributed by atoms with Crippen molar-refractivity contribution in [3.63, 3.8) is 0 Å². The third-order valence-electron chi connectivity index (χ3n) is 3.35. The number of hydrogen-bond donors (Lipinski definition) is 3. The molecule has 0 saturated heterocycles. The van der Waals surface area contributed by atoms with Crippen LogP contribution in [0.25, 0.3) is 0 Å². The van der Waals surface area contributed by atoms with E-state index in [9.17, 15) is 9.59 Å². The van der Waals surface area contributed by atoms with Gasteiger partial charge in [-0.3, -0.25) is 4.79 Å². The van der Waals surface area contributed by atoms with Crippen molar-refractivity contribution >= 4 is 11.9 Å². The van der Waals surface area contributed by atoms with Gasteiger partial charge >= 0.3 is 6.03 Å². The molecule has 0 aromatic carbocycles. The van der Waals surface area contributed by atoms with Gasteiger partial charge in [0.25, 0.3) is 0 Å². The highest BCUT2D eigenvalue weighted by atomic mass is 16.2. The Morgan fingerprint density at radius 2 is 1.86 bits per heavy atom. The third kappa shape index (κ3) is 3.75. The molecule has 122 valence electrons. The summed E-state index contributed by atoms with van der Waals surface area (Å²) in [5.41, 5.74) is 0. The highest BCUT2D eigenvalue weighted by Crippen LogP contribution is 2.26. The molecule has 22 heavy (non-hydrogen) atoms. The predicted octanol–water partition coefficient (Wildman–Crippen LogP) is 0.498. The van der Waals surface area contributed by atoms with Crippen molar-refractivity contribution in [2.75, 3.05) is 0 Å². The molecule has 1 aromatic rings. The van der Waals surface area contributed by atoms with Gasteiger partial charge in [0.05, 0.1) is 6.54 Å². The number of hydrogen-bond acceptors (Lipinski definition) is 4. The molecule has 3 N–H and O–H groups in total.